The number of rotatable bonds is 8. The standard InChI is InChI=1S/C19H19N3O7/c1-25-13-7-5-12(9-15(13)27-3)19-20-17(22-29-19)10-28-16-8-11(18(23)21-24)4-6-14(16)26-2/h4-9,24H,10H2,1-3H3,(H,21,23). The number of hydrogen-bond donors (Lipinski definition) is 2. The molecule has 0 radical (unpaired) electrons. The number of nitrogens with one attached hydrogen (secondary N) is 1. The molecule has 3 rings (SSSR count). The van der Waals surface area contributed by atoms with Crippen LogP contribution in [0.4, 0.5) is 0 Å². The molecule has 1 heterocycles. The van der Waals surface area contributed by atoms with Gasteiger partial charge in [-0.05, 0) is 36.4 Å². The first-order valence-electron chi connectivity index (χ1n) is 8.39. The third-order valence-electron chi connectivity index (χ3n) is 3.98. The number of methoxy groups -OCH3 is 3. The lowest BCUT2D eigenvalue weighted by atomic mass is 10.2. The average molecular weight is 401 g/mol. The van der Waals surface area contributed by atoms with Gasteiger partial charge in [-0.15, -0.1) is 0 Å². The molecule has 0 spiro atoms. The molecule has 0 aliphatic rings. The molecule has 3 aromatic rings. The van der Waals surface area contributed by atoms with Crippen LogP contribution in [0.2, 0.25) is 0 Å². The Bertz CT molecular complexity index is 1000. The van der Waals surface area contributed by atoms with Crippen LogP contribution in [-0.4, -0.2) is 42.6 Å². The number of nitrogens with zero attached hydrogens (tertiary/aromatic N) is 2. The number of aromatic nitrogens is 2. The summed E-state index contributed by atoms with van der Waals surface area (Å²) in [6, 6.07) is 9.68. The lowest BCUT2D eigenvalue weighted by molar-refractivity contribution is 0.0706. The van der Waals surface area contributed by atoms with Gasteiger partial charge >= 0.3 is 0 Å². The maximum absolute atomic E-state index is 11.6. The van der Waals surface area contributed by atoms with E-state index in [0.29, 0.717) is 22.8 Å². The van der Waals surface area contributed by atoms with Crippen molar-refractivity contribution in [1.29, 1.82) is 0 Å². The minimum Gasteiger partial charge on any atom is -0.493 e. The lowest BCUT2D eigenvalue weighted by Crippen LogP contribution is -2.18. The predicted octanol–water partition coefficient (Wildman–Crippen LogP) is 2.46. The van der Waals surface area contributed by atoms with Crippen LogP contribution in [0.1, 0.15) is 16.2 Å². The number of hydrogen-bond acceptors (Lipinski definition) is 9. The van der Waals surface area contributed by atoms with E-state index in [4.69, 9.17) is 28.7 Å². The molecule has 0 unspecified atom stereocenters. The lowest BCUT2D eigenvalue weighted by Gasteiger charge is -2.10. The van der Waals surface area contributed by atoms with Crippen LogP contribution in [0.25, 0.3) is 11.5 Å². The average Bonchev–Trinajstić information content (AvgIpc) is 3.25. The summed E-state index contributed by atoms with van der Waals surface area (Å²) in [5.41, 5.74) is 2.41. The number of benzene rings is 2. The van der Waals surface area contributed by atoms with E-state index in [0.717, 1.165) is 0 Å². The summed E-state index contributed by atoms with van der Waals surface area (Å²) >= 11 is 0. The van der Waals surface area contributed by atoms with Crippen molar-refractivity contribution in [3.63, 3.8) is 0 Å². The van der Waals surface area contributed by atoms with Gasteiger partial charge in [-0.1, -0.05) is 5.16 Å². The maximum atomic E-state index is 11.6. The highest BCUT2D eigenvalue weighted by Gasteiger charge is 2.15. The Morgan fingerprint density at radius 1 is 1.00 bits per heavy atom. The van der Waals surface area contributed by atoms with E-state index >= 15 is 0 Å². The van der Waals surface area contributed by atoms with Gasteiger partial charge in [0.05, 0.1) is 21.3 Å². The van der Waals surface area contributed by atoms with Gasteiger partial charge in [0.2, 0.25) is 5.82 Å². The van der Waals surface area contributed by atoms with Crippen LogP contribution >= 0.6 is 0 Å². The fraction of sp³-hybridized carbons (Fsp3) is 0.211. The zero-order valence-electron chi connectivity index (χ0n) is 16.0. The normalized spacial score (nSPS) is 10.3. The number of ether oxygens (including phenoxy) is 4. The molecule has 0 atom stereocenters. The fourth-order valence-corrected chi connectivity index (χ4v) is 2.54. The molecule has 0 aliphatic heterocycles. The molecule has 0 bridgehead atoms. The van der Waals surface area contributed by atoms with Crippen molar-refractivity contribution in [2.45, 2.75) is 6.61 Å². The molecule has 0 fully saturated rings. The largest absolute Gasteiger partial charge is 0.493 e. The molecule has 1 amide bonds. The molecular weight excluding hydrogens is 382 g/mol. The second kappa shape index (κ2) is 8.93. The third kappa shape index (κ3) is 4.38. The Balaban J connectivity index is 1.77. The van der Waals surface area contributed by atoms with E-state index < -0.39 is 5.91 Å². The Kier molecular flexibility index (Phi) is 6.15. The summed E-state index contributed by atoms with van der Waals surface area (Å²) < 4.78 is 26.6. The topological polar surface area (TPSA) is 125 Å². The van der Waals surface area contributed by atoms with Crippen molar-refractivity contribution >= 4 is 5.91 Å². The van der Waals surface area contributed by atoms with Gasteiger partial charge in [-0.25, -0.2) is 5.48 Å². The molecule has 10 heteroatoms. The van der Waals surface area contributed by atoms with Crippen LogP contribution in [0.5, 0.6) is 23.0 Å². The molecule has 0 aliphatic carbocycles. The van der Waals surface area contributed by atoms with Crippen molar-refractivity contribution in [2.24, 2.45) is 0 Å². The van der Waals surface area contributed by atoms with E-state index in [1.165, 1.54) is 26.4 Å². The van der Waals surface area contributed by atoms with Gasteiger partial charge in [-0.2, -0.15) is 4.98 Å². The Hall–Kier alpha value is -3.79. The fourth-order valence-electron chi connectivity index (χ4n) is 2.54. The van der Waals surface area contributed by atoms with Gasteiger partial charge in [0, 0.05) is 11.1 Å². The number of carbonyl (C=O) groups excluding carboxylic acids is 1. The van der Waals surface area contributed by atoms with Crippen LogP contribution in [0.15, 0.2) is 40.9 Å². The van der Waals surface area contributed by atoms with Gasteiger partial charge in [0.15, 0.2) is 29.6 Å². The maximum Gasteiger partial charge on any atom is 0.274 e. The molecule has 10 nitrogen and oxygen atoms in total. The van der Waals surface area contributed by atoms with Crippen LogP contribution in [0, 0.1) is 0 Å². The Labute approximate surface area is 165 Å². The van der Waals surface area contributed by atoms with Crippen molar-refractivity contribution in [1.82, 2.24) is 15.6 Å². The second-order valence-electron chi connectivity index (χ2n) is 5.68. The molecule has 0 saturated heterocycles. The van der Waals surface area contributed by atoms with E-state index in [9.17, 15) is 4.79 Å². The van der Waals surface area contributed by atoms with Crippen molar-refractivity contribution in [3.05, 3.63) is 47.8 Å². The van der Waals surface area contributed by atoms with E-state index in [1.54, 1.807) is 36.9 Å². The second-order valence-corrected chi connectivity index (χ2v) is 5.68. The quantitative estimate of drug-likeness (QED) is 0.432. The monoisotopic (exact) mass is 401 g/mol. The Morgan fingerprint density at radius 3 is 2.38 bits per heavy atom. The summed E-state index contributed by atoms with van der Waals surface area (Å²) in [5.74, 6) is 1.70. The zero-order valence-corrected chi connectivity index (χ0v) is 16.0. The molecular formula is C19H19N3O7. The number of hydroxylamine groups is 1. The van der Waals surface area contributed by atoms with Gasteiger partial charge < -0.3 is 23.5 Å². The van der Waals surface area contributed by atoms with E-state index in [1.807, 2.05) is 0 Å². The molecule has 152 valence electrons. The van der Waals surface area contributed by atoms with Gasteiger partial charge in [0.1, 0.15) is 0 Å². The molecule has 1 aromatic heterocycles. The molecule has 2 aromatic carbocycles. The van der Waals surface area contributed by atoms with E-state index in [2.05, 4.69) is 10.1 Å². The third-order valence-corrected chi connectivity index (χ3v) is 3.98. The Morgan fingerprint density at radius 2 is 1.69 bits per heavy atom. The first-order chi connectivity index (χ1) is 14.1. The van der Waals surface area contributed by atoms with Crippen LogP contribution in [0.3, 0.4) is 0 Å². The molecule has 29 heavy (non-hydrogen) atoms. The predicted molar refractivity (Wildman–Crippen MR) is 99.4 cm³/mol. The van der Waals surface area contributed by atoms with Gasteiger partial charge in [-0.3, -0.25) is 10.0 Å². The summed E-state index contributed by atoms with van der Waals surface area (Å²) in [6.07, 6.45) is 0. The number of carbonyl (C=O) groups is 1. The summed E-state index contributed by atoms with van der Waals surface area (Å²) in [7, 11) is 4.55. The van der Waals surface area contributed by atoms with Crippen molar-refractivity contribution < 1.29 is 33.5 Å². The smallest absolute Gasteiger partial charge is 0.274 e. The first kappa shape index (κ1) is 20.0. The van der Waals surface area contributed by atoms with Crippen LogP contribution in [-0.2, 0) is 6.61 Å². The molecule has 2 N–H and O–H groups in total. The number of amides is 1. The van der Waals surface area contributed by atoms with Crippen LogP contribution < -0.4 is 24.4 Å². The summed E-state index contributed by atoms with van der Waals surface area (Å²) in [5, 5.41) is 12.7. The zero-order chi connectivity index (χ0) is 20.8. The van der Waals surface area contributed by atoms with E-state index in [-0.39, 0.29) is 29.6 Å². The minimum atomic E-state index is -0.673. The SMILES string of the molecule is COc1ccc(-c2nc(COc3cc(C(=O)NO)ccc3OC)no2)cc1OC. The summed E-state index contributed by atoms with van der Waals surface area (Å²) in [6.45, 7) is -0.0304. The summed E-state index contributed by atoms with van der Waals surface area (Å²) in [4.78, 5) is 15.9. The first-order valence-corrected chi connectivity index (χ1v) is 8.39. The highest BCUT2D eigenvalue weighted by molar-refractivity contribution is 5.94. The highest BCUT2D eigenvalue weighted by atomic mass is 16.5. The molecule has 0 saturated carbocycles. The van der Waals surface area contributed by atoms with Crippen molar-refractivity contribution in [2.75, 3.05) is 21.3 Å². The van der Waals surface area contributed by atoms with Gasteiger partial charge in [0.25, 0.3) is 11.8 Å². The highest BCUT2D eigenvalue weighted by Crippen LogP contribution is 2.32. The minimum absolute atomic E-state index is 0.0304. The van der Waals surface area contributed by atoms with Crippen molar-refractivity contribution in [3.8, 4) is 34.5 Å².